The first-order chi connectivity index (χ1) is 11.0. The number of rotatable bonds is 3. The Morgan fingerprint density at radius 2 is 1.87 bits per heavy atom. The summed E-state index contributed by atoms with van der Waals surface area (Å²) < 4.78 is 1.88. The zero-order valence-electron chi connectivity index (χ0n) is 13.3. The maximum absolute atomic E-state index is 12.5. The highest BCUT2D eigenvalue weighted by Crippen LogP contribution is 2.43. The largest absolute Gasteiger partial charge is 0.359 e. The van der Waals surface area contributed by atoms with Crippen LogP contribution >= 0.6 is 31.9 Å². The maximum atomic E-state index is 12.5. The molecule has 2 aromatic rings. The number of hydrogen-bond donors (Lipinski definition) is 2. The second-order valence-electron chi connectivity index (χ2n) is 5.67. The van der Waals surface area contributed by atoms with Crippen LogP contribution in [0.4, 0.5) is 5.69 Å². The fourth-order valence-electron chi connectivity index (χ4n) is 2.94. The van der Waals surface area contributed by atoms with Crippen LogP contribution in [0.5, 0.6) is 0 Å². The van der Waals surface area contributed by atoms with Crippen molar-refractivity contribution in [2.24, 2.45) is 0 Å². The van der Waals surface area contributed by atoms with E-state index in [1.165, 1.54) is 11.3 Å². The van der Waals surface area contributed by atoms with Crippen molar-refractivity contribution in [1.29, 1.82) is 0 Å². The number of carbonyl (C=O) groups is 1. The molecule has 1 aromatic heterocycles. The van der Waals surface area contributed by atoms with E-state index in [2.05, 4.69) is 62.1 Å². The van der Waals surface area contributed by atoms with Crippen LogP contribution in [0.2, 0.25) is 0 Å². The standard InChI is InChI=1S/C18H18Br2N2O/c1-4-10-6-11(5-2)21-15(10)7-12-16-9(3)13(19)8-14(20)17(16)22-18(12)23/h6-8,21H,4-5H2,1-3H3,(H,22,23). The minimum absolute atomic E-state index is 0.0587. The Kier molecular flexibility index (Phi) is 4.52. The molecule has 0 aliphatic carbocycles. The fraction of sp³-hybridized carbons (Fsp3) is 0.278. The van der Waals surface area contributed by atoms with Crippen molar-refractivity contribution >= 4 is 55.1 Å². The number of H-pyrrole nitrogens is 1. The number of benzene rings is 1. The number of aromatic amines is 1. The third-order valence-electron chi connectivity index (χ3n) is 4.27. The normalized spacial score (nSPS) is 15.2. The molecule has 0 radical (unpaired) electrons. The quantitative estimate of drug-likeness (QED) is 0.614. The summed E-state index contributed by atoms with van der Waals surface area (Å²) >= 11 is 7.11. The lowest BCUT2D eigenvalue weighted by Gasteiger charge is -2.08. The highest BCUT2D eigenvalue weighted by atomic mass is 79.9. The van der Waals surface area contributed by atoms with Crippen molar-refractivity contribution < 1.29 is 4.79 Å². The molecule has 0 saturated heterocycles. The highest BCUT2D eigenvalue weighted by molar-refractivity contribution is 9.11. The van der Waals surface area contributed by atoms with Gasteiger partial charge >= 0.3 is 0 Å². The number of anilines is 1. The Morgan fingerprint density at radius 1 is 1.13 bits per heavy atom. The monoisotopic (exact) mass is 436 g/mol. The van der Waals surface area contributed by atoms with E-state index >= 15 is 0 Å². The molecule has 23 heavy (non-hydrogen) atoms. The van der Waals surface area contributed by atoms with Gasteiger partial charge in [-0.1, -0.05) is 29.8 Å². The molecule has 2 N–H and O–H groups in total. The number of halogens is 2. The molecule has 1 aromatic carbocycles. The van der Waals surface area contributed by atoms with Gasteiger partial charge in [0, 0.05) is 25.9 Å². The van der Waals surface area contributed by atoms with E-state index in [9.17, 15) is 4.79 Å². The number of carbonyl (C=O) groups excluding carboxylic acids is 1. The zero-order chi connectivity index (χ0) is 16.7. The number of hydrogen-bond acceptors (Lipinski definition) is 1. The van der Waals surface area contributed by atoms with Gasteiger partial charge < -0.3 is 10.3 Å². The molecule has 0 atom stereocenters. The van der Waals surface area contributed by atoms with E-state index < -0.39 is 0 Å². The summed E-state index contributed by atoms with van der Waals surface area (Å²) in [7, 11) is 0. The van der Waals surface area contributed by atoms with Crippen LogP contribution in [-0.2, 0) is 17.6 Å². The SMILES string of the molecule is CCc1cc(CC)c(C=C2C(=O)Nc3c(Br)cc(Br)c(C)c32)[nH]1. The van der Waals surface area contributed by atoms with Crippen LogP contribution in [0.25, 0.3) is 11.6 Å². The van der Waals surface area contributed by atoms with E-state index in [1.54, 1.807) is 0 Å². The third-order valence-corrected chi connectivity index (χ3v) is 5.72. The van der Waals surface area contributed by atoms with Gasteiger partial charge in [-0.3, -0.25) is 4.79 Å². The van der Waals surface area contributed by atoms with Crippen LogP contribution in [0.1, 0.15) is 41.9 Å². The Balaban J connectivity index is 2.20. The Hall–Kier alpha value is -1.33. The maximum Gasteiger partial charge on any atom is 0.256 e. The van der Waals surface area contributed by atoms with Crippen molar-refractivity contribution in [3.8, 4) is 0 Å². The topological polar surface area (TPSA) is 44.9 Å². The molecule has 1 aliphatic rings. The summed E-state index contributed by atoms with van der Waals surface area (Å²) in [5.41, 5.74) is 7.04. The van der Waals surface area contributed by atoms with Crippen molar-refractivity contribution in [2.45, 2.75) is 33.6 Å². The van der Waals surface area contributed by atoms with Gasteiger partial charge in [0.05, 0.1) is 11.3 Å². The molecule has 0 saturated carbocycles. The minimum Gasteiger partial charge on any atom is -0.359 e. The molecule has 3 nitrogen and oxygen atoms in total. The summed E-state index contributed by atoms with van der Waals surface area (Å²) in [6, 6.07) is 4.16. The van der Waals surface area contributed by atoms with E-state index in [0.717, 1.165) is 44.3 Å². The molecule has 0 spiro atoms. The number of aromatic nitrogens is 1. The first-order valence-electron chi connectivity index (χ1n) is 7.69. The van der Waals surface area contributed by atoms with Gasteiger partial charge in [0.1, 0.15) is 0 Å². The lowest BCUT2D eigenvalue weighted by atomic mass is 10.00. The van der Waals surface area contributed by atoms with Crippen LogP contribution in [0, 0.1) is 6.92 Å². The predicted octanol–water partition coefficient (Wildman–Crippen LogP) is 5.47. The molecule has 0 bridgehead atoms. The van der Waals surface area contributed by atoms with E-state index in [4.69, 9.17) is 0 Å². The molecule has 120 valence electrons. The number of amides is 1. The summed E-state index contributed by atoms with van der Waals surface area (Å²) in [5.74, 6) is -0.0587. The van der Waals surface area contributed by atoms with Gasteiger partial charge in [-0.05, 0) is 65.0 Å². The van der Waals surface area contributed by atoms with Gasteiger partial charge in [-0.25, -0.2) is 0 Å². The van der Waals surface area contributed by atoms with Gasteiger partial charge in [-0.15, -0.1) is 0 Å². The number of aryl methyl sites for hydroxylation is 2. The van der Waals surface area contributed by atoms with Gasteiger partial charge in [0.15, 0.2) is 0 Å². The highest BCUT2D eigenvalue weighted by Gasteiger charge is 2.29. The van der Waals surface area contributed by atoms with E-state index in [0.29, 0.717) is 5.57 Å². The summed E-state index contributed by atoms with van der Waals surface area (Å²) in [4.78, 5) is 15.9. The van der Waals surface area contributed by atoms with Crippen LogP contribution < -0.4 is 5.32 Å². The van der Waals surface area contributed by atoms with Crippen molar-refractivity contribution in [2.75, 3.05) is 5.32 Å². The predicted molar refractivity (Wildman–Crippen MR) is 103 cm³/mol. The van der Waals surface area contributed by atoms with Gasteiger partial charge in [-0.2, -0.15) is 0 Å². The van der Waals surface area contributed by atoms with Gasteiger partial charge in [0.2, 0.25) is 0 Å². The van der Waals surface area contributed by atoms with E-state index in [-0.39, 0.29) is 5.91 Å². The van der Waals surface area contributed by atoms with Crippen LogP contribution in [0.3, 0.4) is 0 Å². The van der Waals surface area contributed by atoms with Crippen LogP contribution in [0.15, 0.2) is 21.1 Å². The first-order valence-corrected chi connectivity index (χ1v) is 9.27. The summed E-state index contributed by atoms with van der Waals surface area (Å²) in [5, 5.41) is 2.97. The first kappa shape index (κ1) is 16.5. The smallest absolute Gasteiger partial charge is 0.256 e. The number of fused-ring (bicyclic) bond motifs is 1. The molecular weight excluding hydrogens is 420 g/mol. The lowest BCUT2D eigenvalue weighted by molar-refractivity contribution is -0.110. The Bertz CT molecular complexity index is 834. The fourth-order valence-corrected chi connectivity index (χ4v) is 4.20. The average Bonchev–Trinajstić information content (AvgIpc) is 3.07. The lowest BCUT2D eigenvalue weighted by Crippen LogP contribution is -2.04. The second-order valence-corrected chi connectivity index (χ2v) is 7.38. The molecule has 1 aliphatic heterocycles. The molecule has 1 amide bonds. The average molecular weight is 438 g/mol. The van der Waals surface area contributed by atoms with Crippen molar-refractivity contribution in [3.63, 3.8) is 0 Å². The third kappa shape index (κ3) is 2.81. The van der Waals surface area contributed by atoms with Gasteiger partial charge in [0.25, 0.3) is 5.91 Å². The minimum atomic E-state index is -0.0587. The zero-order valence-corrected chi connectivity index (χ0v) is 16.5. The summed E-state index contributed by atoms with van der Waals surface area (Å²) in [6.07, 6.45) is 3.87. The molecule has 5 heteroatoms. The van der Waals surface area contributed by atoms with Crippen molar-refractivity contribution in [1.82, 2.24) is 4.98 Å². The molecule has 3 rings (SSSR count). The van der Waals surface area contributed by atoms with Crippen LogP contribution in [-0.4, -0.2) is 10.9 Å². The summed E-state index contributed by atoms with van der Waals surface area (Å²) in [6.45, 7) is 6.28. The Morgan fingerprint density at radius 3 is 2.52 bits per heavy atom. The molecule has 2 heterocycles. The Labute approximate surface area is 152 Å². The number of nitrogens with one attached hydrogen (secondary N) is 2. The molecular formula is C18H18Br2N2O. The molecule has 0 unspecified atom stereocenters. The second kappa shape index (κ2) is 6.29. The van der Waals surface area contributed by atoms with E-state index in [1.807, 2.05) is 19.1 Å². The van der Waals surface area contributed by atoms with Crippen molar-refractivity contribution in [3.05, 3.63) is 49.2 Å². The molecule has 0 fully saturated rings.